The lowest BCUT2D eigenvalue weighted by atomic mass is 10.0. The van der Waals surface area contributed by atoms with Gasteiger partial charge in [-0.3, -0.25) is 4.52 Å². The highest BCUT2D eigenvalue weighted by Crippen LogP contribution is 2.51. The standard InChI is InChI=1S/C19H26NO4P.C12H10/c1-3-4-9-18(19-10-6-5-7-11-19)12-8-15-24-25(21,22-2)20-13-16-23-17-14-20;1-3-7-11(8-4-1)12-9-5-2-6-10-12/h4-12,15H,3,13-14,16-17H2,1-2H3;1-10H/b9-4-,15-8?,18-12+;. The second-order valence-corrected chi connectivity index (χ2v) is 10.3. The van der Waals surface area contributed by atoms with Gasteiger partial charge in [0.1, 0.15) is 0 Å². The van der Waals surface area contributed by atoms with Crippen molar-refractivity contribution in [2.75, 3.05) is 33.4 Å². The Morgan fingerprint density at radius 2 is 1.43 bits per heavy atom. The molecule has 1 fully saturated rings. The summed E-state index contributed by atoms with van der Waals surface area (Å²) in [5, 5.41) is 0. The van der Waals surface area contributed by atoms with E-state index in [0.29, 0.717) is 26.3 Å². The number of ether oxygens (including phenoxy) is 1. The smallest absolute Gasteiger partial charge is 0.421 e. The quantitative estimate of drug-likeness (QED) is 0.163. The molecule has 194 valence electrons. The van der Waals surface area contributed by atoms with Gasteiger partial charge in [-0.15, -0.1) is 0 Å². The third kappa shape index (κ3) is 9.31. The van der Waals surface area contributed by atoms with E-state index < -0.39 is 7.75 Å². The monoisotopic (exact) mass is 517 g/mol. The summed E-state index contributed by atoms with van der Waals surface area (Å²) >= 11 is 0. The highest BCUT2D eigenvalue weighted by atomic mass is 31.2. The number of morpholine rings is 1. The molecule has 0 aromatic heterocycles. The number of hydrogen-bond acceptors (Lipinski definition) is 4. The highest BCUT2D eigenvalue weighted by Gasteiger charge is 2.34. The van der Waals surface area contributed by atoms with Gasteiger partial charge in [0.25, 0.3) is 0 Å². The minimum Gasteiger partial charge on any atom is -0.421 e. The molecule has 1 aliphatic rings. The summed E-state index contributed by atoms with van der Waals surface area (Å²) in [5.74, 6) is 0. The Bertz CT molecular complexity index is 1130. The Kier molecular flexibility index (Phi) is 12.1. The average Bonchev–Trinajstić information content (AvgIpc) is 2.99. The lowest BCUT2D eigenvalue weighted by Crippen LogP contribution is -2.34. The van der Waals surface area contributed by atoms with E-state index in [9.17, 15) is 4.57 Å². The topological polar surface area (TPSA) is 48.0 Å². The van der Waals surface area contributed by atoms with E-state index in [1.807, 2.05) is 48.5 Å². The van der Waals surface area contributed by atoms with E-state index in [-0.39, 0.29) is 0 Å². The van der Waals surface area contributed by atoms with E-state index >= 15 is 0 Å². The van der Waals surface area contributed by atoms with E-state index in [0.717, 1.165) is 17.6 Å². The van der Waals surface area contributed by atoms with E-state index in [1.165, 1.54) is 24.5 Å². The van der Waals surface area contributed by atoms with Gasteiger partial charge in [-0.25, -0.2) is 4.57 Å². The first-order valence-electron chi connectivity index (χ1n) is 12.5. The number of hydrogen-bond donors (Lipinski definition) is 0. The number of rotatable bonds is 9. The maximum atomic E-state index is 12.8. The molecule has 0 N–H and O–H groups in total. The van der Waals surface area contributed by atoms with Crippen LogP contribution in [-0.4, -0.2) is 38.1 Å². The number of benzene rings is 3. The Labute approximate surface area is 221 Å². The summed E-state index contributed by atoms with van der Waals surface area (Å²) < 4.78 is 30.3. The van der Waals surface area contributed by atoms with Gasteiger partial charge in [-0.1, -0.05) is 116 Å². The molecule has 0 bridgehead atoms. The Morgan fingerprint density at radius 1 is 0.892 bits per heavy atom. The van der Waals surface area contributed by atoms with Crippen LogP contribution in [0.2, 0.25) is 0 Å². The van der Waals surface area contributed by atoms with Crippen molar-refractivity contribution >= 4 is 13.3 Å². The molecule has 0 aliphatic carbocycles. The van der Waals surface area contributed by atoms with E-state index in [4.69, 9.17) is 13.8 Å². The van der Waals surface area contributed by atoms with Gasteiger partial charge in [0.15, 0.2) is 0 Å². The van der Waals surface area contributed by atoms with Crippen LogP contribution in [0.1, 0.15) is 18.9 Å². The molecule has 1 unspecified atom stereocenters. The van der Waals surface area contributed by atoms with Crippen LogP contribution in [0.3, 0.4) is 0 Å². The zero-order valence-corrected chi connectivity index (χ0v) is 22.5. The van der Waals surface area contributed by atoms with Gasteiger partial charge in [0.05, 0.1) is 19.5 Å². The van der Waals surface area contributed by atoms with Gasteiger partial charge in [-0.2, -0.15) is 4.67 Å². The average molecular weight is 518 g/mol. The van der Waals surface area contributed by atoms with Gasteiger partial charge in [0, 0.05) is 20.2 Å². The maximum Gasteiger partial charge on any atom is 0.460 e. The molecule has 3 aromatic carbocycles. The molecule has 0 radical (unpaired) electrons. The Morgan fingerprint density at radius 3 is 1.95 bits per heavy atom. The SMILES string of the molecule is CC/C=C\C(=C/C=COP(=O)(OC)N1CCOCC1)c1ccccc1.c1ccc(-c2ccccc2)cc1. The molecule has 3 aromatic rings. The lowest BCUT2D eigenvalue weighted by molar-refractivity contribution is 0.0577. The molecule has 6 heteroatoms. The zero-order valence-electron chi connectivity index (χ0n) is 21.6. The van der Waals surface area contributed by atoms with Crippen LogP contribution in [0.4, 0.5) is 0 Å². The predicted octanol–water partition coefficient (Wildman–Crippen LogP) is 8.01. The Hall–Kier alpha value is -3.21. The molecule has 0 amide bonds. The molecule has 1 atom stereocenters. The van der Waals surface area contributed by atoms with Crippen LogP contribution in [0.25, 0.3) is 16.7 Å². The van der Waals surface area contributed by atoms with Crippen LogP contribution in [-0.2, 0) is 18.3 Å². The van der Waals surface area contributed by atoms with Gasteiger partial charge in [0.2, 0.25) is 0 Å². The molecule has 37 heavy (non-hydrogen) atoms. The van der Waals surface area contributed by atoms with E-state index in [1.54, 1.807) is 10.7 Å². The highest BCUT2D eigenvalue weighted by molar-refractivity contribution is 7.51. The van der Waals surface area contributed by atoms with Gasteiger partial charge < -0.3 is 9.26 Å². The third-order valence-electron chi connectivity index (χ3n) is 5.63. The van der Waals surface area contributed by atoms with Crippen LogP contribution >= 0.6 is 7.75 Å². The summed E-state index contributed by atoms with van der Waals surface area (Å²) in [5.41, 5.74) is 4.72. The normalized spacial score (nSPS) is 16.2. The minimum absolute atomic E-state index is 0.528. The molecule has 0 spiro atoms. The first kappa shape index (κ1) is 28.4. The summed E-state index contributed by atoms with van der Waals surface area (Å²) in [4.78, 5) is 0. The fourth-order valence-corrected chi connectivity index (χ4v) is 4.99. The van der Waals surface area contributed by atoms with Crippen LogP contribution in [0.15, 0.2) is 122 Å². The van der Waals surface area contributed by atoms with Crippen molar-refractivity contribution in [2.24, 2.45) is 0 Å². The van der Waals surface area contributed by atoms with Crippen molar-refractivity contribution in [2.45, 2.75) is 13.3 Å². The summed E-state index contributed by atoms with van der Waals surface area (Å²) in [6, 6.07) is 30.9. The first-order valence-corrected chi connectivity index (χ1v) is 14.0. The van der Waals surface area contributed by atoms with Crippen molar-refractivity contribution in [1.82, 2.24) is 4.67 Å². The van der Waals surface area contributed by atoms with Gasteiger partial charge >= 0.3 is 7.75 Å². The van der Waals surface area contributed by atoms with Crippen molar-refractivity contribution in [3.63, 3.8) is 0 Å². The second-order valence-electron chi connectivity index (χ2n) is 8.18. The zero-order chi connectivity index (χ0) is 26.2. The maximum absolute atomic E-state index is 12.8. The number of nitrogens with zero attached hydrogens (tertiary/aromatic N) is 1. The summed E-state index contributed by atoms with van der Waals surface area (Å²) in [6.07, 6.45) is 10.2. The molecule has 0 saturated carbocycles. The molecular formula is C31H36NO4P. The lowest BCUT2D eigenvalue weighted by Gasteiger charge is -2.30. The Balaban J connectivity index is 0.000000262. The fourth-order valence-electron chi connectivity index (χ4n) is 3.66. The van der Waals surface area contributed by atoms with Crippen molar-refractivity contribution in [3.8, 4) is 11.1 Å². The fraction of sp³-hybridized carbons (Fsp3) is 0.226. The van der Waals surface area contributed by atoms with Crippen molar-refractivity contribution in [3.05, 3.63) is 127 Å². The molecule has 1 aliphatic heterocycles. The third-order valence-corrected chi connectivity index (χ3v) is 7.58. The molecule has 4 rings (SSSR count). The second kappa shape index (κ2) is 15.8. The van der Waals surface area contributed by atoms with Crippen LogP contribution in [0.5, 0.6) is 0 Å². The van der Waals surface area contributed by atoms with Gasteiger partial charge in [-0.05, 0) is 34.8 Å². The van der Waals surface area contributed by atoms with E-state index in [2.05, 4.69) is 67.6 Å². The molecule has 5 nitrogen and oxygen atoms in total. The van der Waals surface area contributed by atoms with Crippen molar-refractivity contribution in [1.29, 1.82) is 0 Å². The number of allylic oxidation sites excluding steroid dienone is 5. The molecular weight excluding hydrogens is 481 g/mol. The first-order chi connectivity index (χ1) is 18.2. The largest absolute Gasteiger partial charge is 0.460 e. The minimum atomic E-state index is -3.31. The summed E-state index contributed by atoms with van der Waals surface area (Å²) in [6.45, 7) is 4.21. The molecule has 1 heterocycles. The predicted molar refractivity (Wildman–Crippen MR) is 153 cm³/mol. The molecule has 1 saturated heterocycles. The summed E-state index contributed by atoms with van der Waals surface area (Å²) in [7, 11) is -1.91. The van der Waals surface area contributed by atoms with Crippen LogP contribution in [0, 0.1) is 0 Å². The van der Waals surface area contributed by atoms with Crippen LogP contribution < -0.4 is 0 Å². The van der Waals surface area contributed by atoms with Crippen molar-refractivity contribution < 1.29 is 18.3 Å².